The summed E-state index contributed by atoms with van der Waals surface area (Å²) < 4.78 is 11.6. The Kier molecular flexibility index (Phi) is 4.99. The van der Waals surface area contributed by atoms with Gasteiger partial charge in [0.15, 0.2) is 0 Å². The van der Waals surface area contributed by atoms with Crippen LogP contribution in [0.5, 0.6) is 5.75 Å². The highest BCUT2D eigenvalue weighted by Gasteiger charge is 2.26. The van der Waals surface area contributed by atoms with E-state index >= 15 is 0 Å². The molecule has 2 heterocycles. The smallest absolute Gasteiger partial charge is 0.336 e. The number of benzene rings is 3. The van der Waals surface area contributed by atoms with E-state index in [9.17, 15) is 4.79 Å². The summed E-state index contributed by atoms with van der Waals surface area (Å²) in [6, 6.07) is 20.8. The van der Waals surface area contributed by atoms with Crippen LogP contribution in [-0.4, -0.2) is 11.6 Å². The number of rotatable bonds is 3. The lowest BCUT2D eigenvalue weighted by molar-refractivity contribution is 0.0891. The lowest BCUT2D eigenvalue weighted by Crippen LogP contribution is -2.32. The highest BCUT2D eigenvalue weighted by molar-refractivity contribution is 6.33. The maximum atomic E-state index is 12.4. The molecule has 5 rings (SSSR count). The molecule has 0 N–H and O–H groups in total. The summed E-state index contributed by atoms with van der Waals surface area (Å²) in [6.07, 6.45) is 0. The molecule has 1 aliphatic heterocycles. The van der Waals surface area contributed by atoms with Crippen molar-refractivity contribution in [1.82, 2.24) is 4.90 Å². The Bertz CT molecular complexity index is 1300. The van der Waals surface area contributed by atoms with Crippen LogP contribution in [0.4, 0.5) is 0 Å². The molecule has 1 aromatic heterocycles. The van der Waals surface area contributed by atoms with Gasteiger partial charge < -0.3 is 9.15 Å². The van der Waals surface area contributed by atoms with E-state index in [0.717, 1.165) is 27.6 Å². The van der Waals surface area contributed by atoms with Crippen LogP contribution in [0.15, 0.2) is 75.9 Å². The maximum absolute atomic E-state index is 12.4. The van der Waals surface area contributed by atoms with Crippen molar-refractivity contribution < 1.29 is 9.15 Å². The van der Waals surface area contributed by atoms with Gasteiger partial charge in [0.25, 0.3) is 0 Å². The largest absolute Gasteiger partial charge is 0.476 e. The lowest BCUT2D eigenvalue weighted by Gasteiger charge is -2.30. The normalized spacial score (nSPS) is 13.8. The number of ether oxygens (including phenoxy) is 1. The van der Waals surface area contributed by atoms with Crippen molar-refractivity contribution in [1.29, 1.82) is 0 Å². The van der Waals surface area contributed by atoms with E-state index in [4.69, 9.17) is 32.4 Å². The van der Waals surface area contributed by atoms with Gasteiger partial charge in [-0.3, -0.25) is 4.90 Å². The molecule has 0 amide bonds. The fourth-order valence-corrected chi connectivity index (χ4v) is 4.33. The van der Waals surface area contributed by atoms with Crippen molar-refractivity contribution in [2.45, 2.75) is 13.1 Å². The topological polar surface area (TPSA) is 42.7 Å². The van der Waals surface area contributed by atoms with Crippen molar-refractivity contribution in [3.8, 4) is 16.9 Å². The van der Waals surface area contributed by atoms with Gasteiger partial charge in [-0.25, -0.2) is 4.79 Å². The zero-order valence-electron chi connectivity index (χ0n) is 15.9. The average Bonchev–Trinajstić information content (AvgIpc) is 2.76. The fraction of sp³-hybridized carbons (Fsp3) is 0.125. The first-order chi connectivity index (χ1) is 14.6. The van der Waals surface area contributed by atoms with Gasteiger partial charge in [0, 0.05) is 29.6 Å². The number of nitrogens with zero attached hydrogens (tertiary/aromatic N) is 1. The van der Waals surface area contributed by atoms with Crippen molar-refractivity contribution in [3.63, 3.8) is 0 Å². The third-order valence-corrected chi connectivity index (χ3v) is 5.90. The van der Waals surface area contributed by atoms with Crippen LogP contribution in [0.2, 0.25) is 10.0 Å². The Morgan fingerprint density at radius 1 is 0.933 bits per heavy atom. The molecule has 3 aromatic carbocycles. The maximum Gasteiger partial charge on any atom is 0.336 e. The number of fused-ring (bicyclic) bond motifs is 3. The van der Waals surface area contributed by atoms with Gasteiger partial charge in [0.1, 0.15) is 18.1 Å². The second kappa shape index (κ2) is 7.80. The van der Waals surface area contributed by atoms with Crippen LogP contribution in [0, 0.1) is 0 Å². The van der Waals surface area contributed by atoms with E-state index in [1.807, 2.05) is 60.7 Å². The first kappa shape index (κ1) is 19.2. The van der Waals surface area contributed by atoms with E-state index in [0.29, 0.717) is 41.2 Å². The van der Waals surface area contributed by atoms with Crippen LogP contribution in [0.3, 0.4) is 0 Å². The summed E-state index contributed by atoms with van der Waals surface area (Å²) in [5.41, 5.74) is 3.58. The molecule has 0 spiro atoms. The van der Waals surface area contributed by atoms with Crippen molar-refractivity contribution in [2.24, 2.45) is 0 Å². The minimum atomic E-state index is -0.408. The van der Waals surface area contributed by atoms with E-state index < -0.39 is 5.63 Å². The Hall–Kier alpha value is -2.79. The molecule has 150 valence electrons. The summed E-state index contributed by atoms with van der Waals surface area (Å²) in [5.74, 6) is 0.563. The number of hydrogen-bond acceptors (Lipinski definition) is 4. The molecule has 1 aliphatic rings. The molecule has 0 bridgehead atoms. The summed E-state index contributed by atoms with van der Waals surface area (Å²) >= 11 is 12.9. The Morgan fingerprint density at radius 3 is 2.50 bits per heavy atom. The standard InChI is InChI=1S/C24H17Cl2NO3/c25-20-9-5-4-8-16(20)12-27-13-19-23-18(10-21(26)24(19)29-14-27)17(11-22(28)30-23)15-6-2-1-3-7-15/h1-11H,12-14H2. The predicted molar refractivity (Wildman–Crippen MR) is 119 cm³/mol. The summed E-state index contributed by atoms with van der Waals surface area (Å²) in [7, 11) is 0. The lowest BCUT2D eigenvalue weighted by atomic mass is 9.99. The van der Waals surface area contributed by atoms with Crippen LogP contribution in [0.25, 0.3) is 22.1 Å². The van der Waals surface area contributed by atoms with Crippen LogP contribution >= 0.6 is 23.2 Å². The Labute approximate surface area is 183 Å². The highest BCUT2D eigenvalue weighted by atomic mass is 35.5. The SMILES string of the molecule is O=c1cc(-c2ccccc2)c2cc(Cl)c3c(c2o1)CN(Cc1ccccc1Cl)CO3. The predicted octanol–water partition coefficient (Wildman–Crippen LogP) is 6.12. The van der Waals surface area contributed by atoms with Crippen molar-refractivity contribution in [3.05, 3.63) is 98.3 Å². The highest BCUT2D eigenvalue weighted by Crippen LogP contribution is 2.41. The molecule has 0 aliphatic carbocycles. The van der Waals surface area contributed by atoms with E-state index in [1.165, 1.54) is 6.07 Å². The summed E-state index contributed by atoms with van der Waals surface area (Å²) in [5, 5.41) is 1.99. The van der Waals surface area contributed by atoms with E-state index in [1.54, 1.807) is 0 Å². The van der Waals surface area contributed by atoms with Gasteiger partial charge in [-0.2, -0.15) is 0 Å². The van der Waals surface area contributed by atoms with Crippen molar-refractivity contribution in [2.75, 3.05) is 6.73 Å². The second-order valence-corrected chi connectivity index (χ2v) is 8.05. The van der Waals surface area contributed by atoms with E-state index in [2.05, 4.69) is 4.90 Å². The zero-order chi connectivity index (χ0) is 20.7. The van der Waals surface area contributed by atoms with Gasteiger partial charge >= 0.3 is 5.63 Å². The molecular weight excluding hydrogens is 421 g/mol. The molecular formula is C24H17Cl2NO3. The molecule has 0 radical (unpaired) electrons. The van der Waals surface area contributed by atoms with Gasteiger partial charge in [-0.1, -0.05) is 71.7 Å². The molecule has 6 heteroatoms. The van der Waals surface area contributed by atoms with Crippen LogP contribution in [0.1, 0.15) is 11.1 Å². The first-order valence-corrected chi connectivity index (χ1v) is 10.3. The molecule has 0 fully saturated rings. The third-order valence-electron chi connectivity index (χ3n) is 5.25. The fourth-order valence-electron chi connectivity index (χ4n) is 3.86. The molecule has 0 unspecified atom stereocenters. The summed E-state index contributed by atoms with van der Waals surface area (Å²) in [6.45, 7) is 1.50. The minimum Gasteiger partial charge on any atom is -0.476 e. The van der Waals surface area contributed by atoms with Gasteiger partial charge in [-0.05, 0) is 28.8 Å². The quantitative estimate of drug-likeness (QED) is 0.362. The molecule has 0 saturated carbocycles. The van der Waals surface area contributed by atoms with Crippen molar-refractivity contribution >= 4 is 34.2 Å². The van der Waals surface area contributed by atoms with E-state index in [-0.39, 0.29) is 0 Å². The van der Waals surface area contributed by atoms with Crippen LogP contribution in [-0.2, 0) is 13.1 Å². The van der Waals surface area contributed by atoms with Gasteiger partial charge in [0.05, 0.1) is 10.6 Å². The first-order valence-electron chi connectivity index (χ1n) is 9.53. The molecule has 4 nitrogen and oxygen atoms in total. The second-order valence-electron chi connectivity index (χ2n) is 7.24. The Morgan fingerprint density at radius 2 is 1.70 bits per heavy atom. The molecule has 0 saturated heterocycles. The Balaban J connectivity index is 1.62. The average molecular weight is 438 g/mol. The monoisotopic (exact) mass is 437 g/mol. The number of halogens is 2. The third kappa shape index (κ3) is 3.47. The summed E-state index contributed by atoms with van der Waals surface area (Å²) in [4.78, 5) is 14.5. The van der Waals surface area contributed by atoms with Crippen LogP contribution < -0.4 is 10.4 Å². The number of hydrogen-bond donors (Lipinski definition) is 0. The molecule has 4 aromatic rings. The van der Waals surface area contributed by atoms with Gasteiger partial charge in [-0.15, -0.1) is 0 Å². The molecule has 0 atom stereocenters. The zero-order valence-corrected chi connectivity index (χ0v) is 17.4. The molecule has 30 heavy (non-hydrogen) atoms. The minimum absolute atomic E-state index is 0.367. The van der Waals surface area contributed by atoms with Gasteiger partial charge in [0.2, 0.25) is 0 Å².